The molecule has 0 radical (unpaired) electrons. The van der Waals surface area contributed by atoms with Gasteiger partial charge in [0.2, 0.25) is 0 Å². The first-order valence-electron chi connectivity index (χ1n) is 8.70. The molecule has 1 saturated carbocycles. The quantitative estimate of drug-likeness (QED) is 0.734. The second kappa shape index (κ2) is 6.56. The fourth-order valence-electron chi connectivity index (χ4n) is 3.60. The standard InChI is InChI=1S/C20H23N3O/c1-14-18-13-21-23-19(18)10-11-20(14)24-17-9-5-8-16(12-17)22-15-6-3-2-4-7-15/h2-4,6-7,10-11,13,16-17,22H,5,8-9,12H2,1H3,(H,21,23)/t16-,17+/m0/s1. The van der Waals surface area contributed by atoms with E-state index in [0.717, 1.165) is 29.5 Å². The van der Waals surface area contributed by atoms with E-state index in [0.29, 0.717) is 6.04 Å². The van der Waals surface area contributed by atoms with E-state index in [4.69, 9.17) is 4.74 Å². The molecule has 0 bridgehead atoms. The highest BCUT2D eigenvalue weighted by atomic mass is 16.5. The average molecular weight is 321 g/mol. The number of para-hydroxylation sites is 1. The van der Waals surface area contributed by atoms with Gasteiger partial charge in [-0.1, -0.05) is 18.2 Å². The van der Waals surface area contributed by atoms with E-state index in [2.05, 4.69) is 52.8 Å². The predicted octanol–water partition coefficient (Wildman–Crippen LogP) is 4.67. The molecule has 0 unspecified atom stereocenters. The van der Waals surface area contributed by atoms with Gasteiger partial charge < -0.3 is 10.1 Å². The molecular formula is C20H23N3O. The van der Waals surface area contributed by atoms with Gasteiger partial charge in [0.25, 0.3) is 0 Å². The molecule has 4 nitrogen and oxygen atoms in total. The summed E-state index contributed by atoms with van der Waals surface area (Å²) in [5, 5.41) is 11.9. The smallest absolute Gasteiger partial charge is 0.123 e. The molecule has 0 amide bonds. The fraction of sp³-hybridized carbons (Fsp3) is 0.350. The topological polar surface area (TPSA) is 49.9 Å². The molecule has 0 aliphatic heterocycles. The Balaban J connectivity index is 1.45. The monoisotopic (exact) mass is 321 g/mol. The van der Waals surface area contributed by atoms with Crippen LogP contribution in [0.25, 0.3) is 10.9 Å². The maximum absolute atomic E-state index is 6.35. The molecule has 1 heterocycles. The van der Waals surface area contributed by atoms with Crippen molar-refractivity contribution in [1.82, 2.24) is 10.2 Å². The molecule has 4 heteroatoms. The lowest BCUT2D eigenvalue weighted by molar-refractivity contribution is 0.147. The van der Waals surface area contributed by atoms with Gasteiger partial charge in [0.1, 0.15) is 11.9 Å². The van der Waals surface area contributed by atoms with Crippen LogP contribution in [0, 0.1) is 6.92 Å². The van der Waals surface area contributed by atoms with Gasteiger partial charge in [-0.25, -0.2) is 0 Å². The summed E-state index contributed by atoms with van der Waals surface area (Å²) in [4.78, 5) is 0. The molecular weight excluding hydrogens is 298 g/mol. The highest BCUT2D eigenvalue weighted by molar-refractivity contribution is 5.83. The molecule has 4 rings (SSSR count). The number of benzene rings is 2. The van der Waals surface area contributed by atoms with Gasteiger partial charge in [0, 0.05) is 29.1 Å². The number of anilines is 1. The zero-order valence-electron chi connectivity index (χ0n) is 14.0. The normalized spacial score (nSPS) is 20.9. The summed E-state index contributed by atoms with van der Waals surface area (Å²) in [5.74, 6) is 0.981. The van der Waals surface area contributed by atoms with Gasteiger partial charge >= 0.3 is 0 Å². The van der Waals surface area contributed by atoms with Gasteiger partial charge in [0.05, 0.1) is 11.7 Å². The first-order chi connectivity index (χ1) is 11.8. The fourth-order valence-corrected chi connectivity index (χ4v) is 3.60. The minimum absolute atomic E-state index is 0.267. The molecule has 24 heavy (non-hydrogen) atoms. The number of aryl methyl sites for hydroxylation is 1. The van der Waals surface area contributed by atoms with Crippen LogP contribution in [0.5, 0.6) is 5.75 Å². The summed E-state index contributed by atoms with van der Waals surface area (Å²) in [6, 6.07) is 15.0. The van der Waals surface area contributed by atoms with Crippen molar-refractivity contribution in [3.63, 3.8) is 0 Å². The van der Waals surface area contributed by atoms with Crippen LogP contribution in [-0.2, 0) is 0 Å². The van der Waals surface area contributed by atoms with E-state index in [1.165, 1.54) is 24.1 Å². The van der Waals surface area contributed by atoms with E-state index < -0.39 is 0 Å². The van der Waals surface area contributed by atoms with Crippen LogP contribution < -0.4 is 10.1 Å². The van der Waals surface area contributed by atoms with Crippen LogP contribution in [0.3, 0.4) is 0 Å². The van der Waals surface area contributed by atoms with Crippen LogP contribution in [0.1, 0.15) is 31.2 Å². The van der Waals surface area contributed by atoms with E-state index >= 15 is 0 Å². The van der Waals surface area contributed by atoms with E-state index in [-0.39, 0.29) is 6.10 Å². The molecule has 0 saturated heterocycles. The third-order valence-electron chi connectivity index (χ3n) is 4.91. The van der Waals surface area contributed by atoms with Crippen molar-refractivity contribution in [2.45, 2.75) is 44.8 Å². The number of hydrogen-bond acceptors (Lipinski definition) is 3. The van der Waals surface area contributed by atoms with Crippen molar-refractivity contribution in [2.24, 2.45) is 0 Å². The van der Waals surface area contributed by atoms with E-state index in [1.54, 1.807) is 0 Å². The molecule has 3 aromatic rings. The van der Waals surface area contributed by atoms with Crippen LogP contribution in [0.4, 0.5) is 5.69 Å². The van der Waals surface area contributed by atoms with Gasteiger partial charge in [-0.3, -0.25) is 5.10 Å². The second-order valence-corrected chi connectivity index (χ2v) is 6.63. The number of ether oxygens (including phenoxy) is 1. The molecule has 1 aliphatic rings. The summed E-state index contributed by atoms with van der Waals surface area (Å²) >= 11 is 0. The van der Waals surface area contributed by atoms with Gasteiger partial charge in [0.15, 0.2) is 0 Å². The lowest BCUT2D eigenvalue weighted by Gasteiger charge is -2.31. The third kappa shape index (κ3) is 3.09. The molecule has 2 aromatic carbocycles. The number of fused-ring (bicyclic) bond motifs is 1. The Hall–Kier alpha value is -2.49. The molecule has 1 aromatic heterocycles. The Morgan fingerprint density at radius 1 is 1.12 bits per heavy atom. The molecule has 0 spiro atoms. The van der Waals surface area contributed by atoms with Crippen molar-refractivity contribution in [3.8, 4) is 5.75 Å². The minimum Gasteiger partial charge on any atom is -0.490 e. The largest absolute Gasteiger partial charge is 0.490 e. The van der Waals surface area contributed by atoms with Gasteiger partial charge in [-0.2, -0.15) is 5.10 Å². The van der Waals surface area contributed by atoms with Crippen LogP contribution in [0.15, 0.2) is 48.7 Å². The third-order valence-corrected chi connectivity index (χ3v) is 4.91. The SMILES string of the molecule is Cc1c(O[C@@H]2CCC[C@H](Nc3ccccc3)C2)ccc2[nH]ncc12. The first kappa shape index (κ1) is 15.1. The Morgan fingerprint density at radius 3 is 2.88 bits per heavy atom. The number of rotatable bonds is 4. The number of hydrogen-bond donors (Lipinski definition) is 2. The molecule has 1 fully saturated rings. The van der Waals surface area contributed by atoms with Crippen molar-refractivity contribution in [2.75, 3.05) is 5.32 Å². The Bertz CT molecular complexity index is 812. The molecule has 2 N–H and O–H groups in total. The molecule has 2 atom stereocenters. The summed E-state index contributed by atoms with van der Waals surface area (Å²) in [7, 11) is 0. The maximum atomic E-state index is 6.35. The lowest BCUT2D eigenvalue weighted by atomic mass is 9.92. The van der Waals surface area contributed by atoms with Crippen LogP contribution >= 0.6 is 0 Å². The zero-order valence-corrected chi connectivity index (χ0v) is 14.0. The van der Waals surface area contributed by atoms with Crippen molar-refractivity contribution in [3.05, 3.63) is 54.2 Å². The molecule has 1 aliphatic carbocycles. The first-order valence-corrected chi connectivity index (χ1v) is 8.70. The number of nitrogens with zero attached hydrogens (tertiary/aromatic N) is 1. The second-order valence-electron chi connectivity index (χ2n) is 6.63. The Kier molecular flexibility index (Phi) is 4.11. The van der Waals surface area contributed by atoms with Crippen LogP contribution in [0.2, 0.25) is 0 Å². The lowest BCUT2D eigenvalue weighted by Crippen LogP contribution is -2.33. The summed E-state index contributed by atoms with van der Waals surface area (Å²) in [5.41, 5.74) is 3.42. The number of H-pyrrole nitrogens is 1. The highest BCUT2D eigenvalue weighted by Gasteiger charge is 2.24. The summed E-state index contributed by atoms with van der Waals surface area (Å²) in [6.07, 6.45) is 6.70. The summed E-state index contributed by atoms with van der Waals surface area (Å²) in [6.45, 7) is 2.11. The highest BCUT2D eigenvalue weighted by Crippen LogP contribution is 2.30. The minimum atomic E-state index is 0.267. The Labute approximate surface area is 142 Å². The number of nitrogens with one attached hydrogen (secondary N) is 2. The van der Waals surface area contributed by atoms with Crippen LogP contribution in [-0.4, -0.2) is 22.3 Å². The van der Waals surface area contributed by atoms with Gasteiger partial charge in [-0.05, 0) is 50.5 Å². The average Bonchev–Trinajstić information content (AvgIpc) is 3.08. The maximum Gasteiger partial charge on any atom is 0.123 e. The summed E-state index contributed by atoms with van der Waals surface area (Å²) < 4.78 is 6.35. The number of aromatic nitrogens is 2. The van der Waals surface area contributed by atoms with Crippen molar-refractivity contribution >= 4 is 16.6 Å². The predicted molar refractivity (Wildman–Crippen MR) is 97.6 cm³/mol. The van der Waals surface area contributed by atoms with Crippen molar-refractivity contribution < 1.29 is 4.74 Å². The molecule has 124 valence electrons. The Morgan fingerprint density at radius 2 is 2.00 bits per heavy atom. The zero-order chi connectivity index (χ0) is 16.4. The van der Waals surface area contributed by atoms with E-state index in [9.17, 15) is 0 Å². The van der Waals surface area contributed by atoms with Gasteiger partial charge in [-0.15, -0.1) is 0 Å². The number of aromatic amines is 1. The van der Waals surface area contributed by atoms with Crippen molar-refractivity contribution in [1.29, 1.82) is 0 Å². The van der Waals surface area contributed by atoms with E-state index in [1.807, 2.05) is 18.3 Å².